The van der Waals surface area contributed by atoms with E-state index in [0.29, 0.717) is 6.54 Å². The highest BCUT2D eigenvalue weighted by Crippen LogP contribution is 2.15. The standard InChI is InChI=1S/C13H26N2O/c1-6-8-9-11(14)12(16)15(10-7-2)13(3,4)5/h7,11H,2,6,8-10,14H2,1,3-5H3/t11-/m0/s1. The minimum atomic E-state index is -0.376. The third-order valence-electron chi connectivity index (χ3n) is 2.57. The summed E-state index contributed by atoms with van der Waals surface area (Å²) >= 11 is 0. The number of nitrogens with zero attached hydrogens (tertiary/aromatic N) is 1. The molecule has 3 nitrogen and oxygen atoms in total. The van der Waals surface area contributed by atoms with E-state index >= 15 is 0 Å². The molecule has 16 heavy (non-hydrogen) atoms. The molecule has 2 N–H and O–H groups in total. The minimum absolute atomic E-state index is 0.0286. The van der Waals surface area contributed by atoms with Crippen molar-refractivity contribution >= 4 is 5.91 Å². The predicted molar refractivity (Wildman–Crippen MR) is 69.2 cm³/mol. The van der Waals surface area contributed by atoms with E-state index in [0.717, 1.165) is 19.3 Å². The molecule has 0 bridgehead atoms. The van der Waals surface area contributed by atoms with Crippen LogP contribution in [-0.4, -0.2) is 28.9 Å². The summed E-state index contributed by atoms with van der Waals surface area (Å²) in [4.78, 5) is 13.9. The fourth-order valence-corrected chi connectivity index (χ4v) is 1.57. The van der Waals surface area contributed by atoms with Gasteiger partial charge in [0, 0.05) is 12.1 Å². The second-order valence-corrected chi connectivity index (χ2v) is 5.16. The average Bonchev–Trinajstić information content (AvgIpc) is 2.19. The third-order valence-corrected chi connectivity index (χ3v) is 2.57. The Morgan fingerprint density at radius 2 is 2.06 bits per heavy atom. The van der Waals surface area contributed by atoms with Gasteiger partial charge in [0.15, 0.2) is 0 Å². The summed E-state index contributed by atoms with van der Waals surface area (Å²) in [5.41, 5.74) is 5.71. The molecule has 3 heteroatoms. The Morgan fingerprint density at radius 1 is 1.50 bits per heavy atom. The number of amides is 1. The van der Waals surface area contributed by atoms with Gasteiger partial charge in [-0.1, -0.05) is 25.8 Å². The van der Waals surface area contributed by atoms with E-state index in [1.807, 2.05) is 20.8 Å². The lowest BCUT2D eigenvalue weighted by molar-refractivity contribution is -0.136. The van der Waals surface area contributed by atoms with Crippen LogP contribution in [0.25, 0.3) is 0 Å². The lowest BCUT2D eigenvalue weighted by Gasteiger charge is -2.36. The fourth-order valence-electron chi connectivity index (χ4n) is 1.57. The Balaban J connectivity index is 4.54. The van der Waals surface area contributed by atoms with Gasteiger partial charge in [0.2, 0.25) is 5.91 Å². The number of hydrogen-bond acceptors (Lipinski definition) is 2. The first-order valence-electron chi connectivity index (χ1n) is 6.02. The van der Waals surface area contributed by atoms with Crippen LogP contribution in [0.2, 0.25) is 0 Å². The molecule has 1 amide bonds. The van der Waals surface area contributed by atoms with E-state index in [1.54, 1.807) is 11.0 Å². The van der Waals surface area contributed by atoms with Gasteiger partial charge in [-0.3, -0.25) is 4.79 Å². The second-order valence-electron chi connectivity index (χ2n) is 5.16. The molecular formula is C13H26N2O. The zero-order chi connectivity index (χ0) is 12.8. The normalized spacial score (nSPS) is 13.3. The van der Waals surface area contributed by atoms with Crippen LogP contribution < -0.4 is 5.73 Å². The lowest BCUT2D eigenvalue weighted by atomic mass is 10.0. The first-order valence-corrected chi connectivity index (χ1v) is 6.02. The number of hydrogen-bond donors (Lipinski definition) is 1. The van der Waals surface area contributed by atoms with E-state index in [9.17, 15) is 4.79 Å². The molecule has 0 aliphatic heterocycles. The van der Waals surface area contributed by atoms with Crippen LogP contribution in [0.1, 0.15) is 47.0 Å². The maximum absolute atomic E-state index is 12.1. The molecule has 0 heterocycles. The fraction of sp³-hybridized carbons (Fsp3) is 0.769. The molecule has 0 aromatic carbocycles. The molecule has 1 atom stereocenters. The highest BCUT2D eigenvalue weighted by atomic mass is 16.2. The highest BCUT2D eigenvalue weighted by Gasteiger charge is 2.28. The second kappa shape index (κ2) is 6.69. The molecule has 0 aliphatic rings. The lowest BCUT2D eigenvalue weighted by Crippen LogP contribution is -2.52. The molecule has 0 rings (SSSR count). The third kappa shape index (κ3) is 4.79. The van der Waals surface area contributed by atoms with Crippen molar-refractivity contribution in [1.29, 1.82) is 0 Å². The van der Waals surface area contributed by atoms with Crippen molar-refractivity contribution in [1.82, 2.24) is 4.90 Å². The molecule has 0 aliphatic carbocycles. The number of rotatable bonds is 6. The Labute approximate surface area is 99.7 Å². The van der Waals surface area contributed by atoms with Crippen molar-refractivity contribution < 1.29 is 4.79 Å². The first kappa shape index (κ1) is 15.2. The van der Waals surface area contributed by atoms with E-state index in [4.69, 9.17) is 5.73 Å². The van der Waals surface area contributed by atoms with Crippen LogP contribution in [0.5, 0.6) is 0 Å². The Morgan fingerprint density at radius 3 is 2.44 bits per heavy atom. The number of unbranched alkanes of at least 4 members (excludes halogenated alkanes) is 1. The molecular weight excluding hydrogens is 200 g/mol. The molecule has 0 saturated heterocycles. The topological polar surface area (TPSA) is 46.3 Å². The van der Waals surface area contributed by atoms with E-state index in [2.05, 4.69) is 13.5 Å². The van der Waals surface area contributed by atoms with Gasteiger partial charge in [-0.25, -0.2) is 0 Å². The summed E-state index contributed by atoms with van der Waals surface area (Å²) in [6.45, 7) is 12.4. The van der Waals surface area contributed by atoms with Gasteiger partial charge < -0.3 is 10.6 Å². The van der Waals surface area contributed by atoms with Gasteiger partial charge in [0.25, 0.3) is 0 Å². The van der Waals surface area contributed by atoms with Gasteiger partial charge >= 0.3 is 0 Å². The summed E-state index contributed by atoms with van der Waals surface area (Å²) in [6.07, 6.45) is 4.58. The first-order chi connectivity index (χ1) is 7.34. The maximum Gasteiger partial charge on any atom is 0.240 e. The van der Waals surface area contributed by atoms with Gasteiger partial charge in [0.1, 0.15) is 0 Å². The van der Waals surface area contributed by atoms with Crippen LogP contribution >= 0.6 is 0 Å². The molecule has 94 valence electrons. The van der Waals surface area contributed by atoms with Gasteiger partial charge in [-0.05, 0) is 27.2 Å². The molecule has 0 unspecified atom stereocenters. The van der Waals surface area contributed by atoms with E-state index in [1.165, 1.54) is 0 Å². The van der Waals surface area contributed by atoms with Gasteiger partial charge in [-0.2, -0.15) is 0 Å². The van der Waals surface area contributed by atoms with Crippen molar-refractivity contribution in [3.05, 3.63) is 12.7 Å². The van der Waals surface area contributed by atoms with E-state index in [-0.39, 0.29) is 17.5 Å². The number of carbonyl (C=O) groups is 1. The average molecular weight is 226 g/mol. The van der Waals surface area contributed by atoms with Gasteiger partial charge in [-0.15, -0.1) is 6.58 Å². The van der Waals surface area contributed by atoms with Crippen LogP contribution in [-0.2, 0) is 4.79 Å². The van der Waals surface area contributed by atoms with Crippen molar-refractivity contribution in [2.24, 2.45) is 5.73 Å². The smallest absolute Gasteiger partial charge is 0.240 e. The molecule has 0 saturated carbocycles. The summed E-state index contributed by atoms with van der Waals surface area (Å²) in [5, 5.41) is 0. The molecule has 0 radical (unpaired) electrons. The zero-order valence-corrected chi connectivity index (χ0v) is 11.1. The number of nitrogens with two attached hydrogens (primary N) is 1. The SMILES string of the molecule is C=CCN(C(=O)[C@@H](N)CCCC)C(C)(C)C. The van der Waals surface area contributed by atoms with Crippen molar-refractivity contribution in [3.8, 4) is 0 Å². The molecule has 0 fully saturated rings. The molecule has 0 aromatic rings. The Bertz CT molecular complexity index is 231. The summed E-state index contributed by atoms with van der Waals surface area (Å²) in [6, 6.07) is -0.376. The van der Waals surface area contributed by atoms with Crippen LogP contribution in [0.4, 0.5) is 0 Å². The van der Waals surface area contributed by atoms with Gasteiger partial charge in [0.05, 0.1) is 6.04 Å². The van der Waals surface area contributed by atoms with Crippen LogP contribution in [0.15, 0.2) is 12.7 Å². The van der Waals surface area contributed by atoms with Crippen LogP contribution in [0, 0.1) is 0 Å². The summed E-state index contributed by atoms with van der Waals surface area (Å²) in [7, 11) is 0. The largest absolute Gasteiger partial charge is 0.333 e. The highest BCUT2D eigenvalue weighted by molar-refractivity contribution is 5.82. The minimum Gasteiger partial charge on any atom is -0.333 e. The van der Waals surface area contributed by atoms with Crippen LogP contribution in [0.3, 0.4) is 0 Å². The molecule has 0 spiro atoms. The summed E-state index contributed by atoms with van der Waals surface area (Å²) < 4.78 is 0. The van der Waals surface area contributed by atoms with Crippen molar-refractivity contribution in [2.75, 3.05) is 6.54 Å². The Hall–Kier alpha value is -0.830. The maximum atomic E-state index is 12.1. The quantitative estimate of drug-likeness (QED) is 0.706. The van der Waals surface area contributed by atoms with Crippen molar-refractivity contribution in [3.63, 3.8) is 0 Å². The Kier molecular flexibility index (Phi) is 6.34. The zero-order valence-electron chi connectivity index (χ0n) is 11.1. The van der Waals surface area contributed by atoms with Crippen molar-refractivity contribution in [2.45, 2.75) is 58.5 Å². The number of carbonyl (C=O) groups excluding carboxylic acids is 1. The predicted octanol–water partition coefficient (Wildman–Crippen LogP) is 2.32. The summed E-state index contributed by atoms with van der Waals surface area (Å²) in [5.74, 6) is 0.0286. The van der Waals surface area contributed by atoms with E-state index < -0.39 is 0 Å². The molecule has 0 aromatic heterocycles. The monoisotopic (exact) mass is 226 g/mol.